The molecule has 1 atom stereocenters. The third-order valence-corrected chi connectivity index (χ3v) is 5.72. The van der Waals surface area contributed by atoms with Gasteiger partial charge < -0.3 is 13.7 Å². The van der Waals surface area contributed by atoms with Crippen LogP contribution in [-0.4, -0.2) is 44.4 Å². The van der Waals surface area contributed by atoms with Crippen LogP contribution in [-0.2, 0) is 30.1 Å². The van der Waals surface area contributed by atoms with Crippen LogP contribution in [0.1, 0.15) is 29.9 Å². The van der Waals surface area contributed by atoms with E-state index in [0.717, 1.165) is 67.1 Å². The maximum absolute atomic E-state index is 5.87. The fourth-order valence-corrected chi connectivity index (χ4v) is 4.21. The highest BCUT2D eigenvalue weighted by molar-refractivity contribution is 7.98. The quantitative estimate of drug-likeness (QED) is 0.511. The Morgan fingerprint density at radius 2 is 2.21 bits per heavy atom. The van der Waals surface area contributed by atoms with E-state index in [1.807, 2.05) is 30.5 Å². The van der Waals surface area contributed by atoms with E-state index < -0.39 is 0 Å². The second kappa shape index (κ2) is 9.36. The molecule has 1 fully saturated rings. The molecule has 28 heavy (non-hydrogen) atoms. The molecule has 1 aliphatic heterocycles. The van der Waals surface area contributed by atoms with Gasteiger partial charge in [0.05, 0.1) is 37.4 Å². The number of ether oxygens (including phenoxy) is 1. The fraction of sp³-hybridized carbons (Fsp3) is 0.450. The highest BCUT2D eigenvalue weighted by Gasteiger charge is 2.21. The molecule has 3 aromatic heterocycles. The van der Waals surface area contributed by atoms with Gasteiger partial charge in [-0.05, 0) is 38.1 Å². The summed E-state index contributed by atoms with van der Waals surface area (Å²) in [6.07, 6.45) is 7.76. The zero-order valence-electron chi connectivity index (χ0n) is 16.0. The van der Waals surface area contributed by atoms with E-state index in [1.165, 1.54) is 0 Å². The minimum Gasteiger partial charge on any atom is -0.472 e. The first kappa shape index (κ1) is 19.2. The summed E-state index contributed by atoms with van der Waals surface area (Å²) in [5, 5.41) is 9.89. The standard InChI is InChI=1S/C20H25N5O2S/c1-24(11-16-7-10-26-14-16)13-19-22-23-20(25(19)12-18-6-4-9-27-18)28-15-17-5-2-3-8-21-17/h2-3,5,7-8,10,14,18H,4,6,9,11-13,15H2,1H3/t18-/m0/s1. The molecule has 0 unspecified atom stereocenters. The summed E-state index contributed by atoms with van der Waals surface area (Å²) in [6.45, 7) is 3.17. The van der Waals surface area contributed by atoms with Crippen LogP contribution in [0.2, 0.25) is 0 Å². The van der Waals surface area contributed by atoms with Crippen LogP contribution in [0.5, 0.6) is 0 Å². The lowest BCUT2D eigenvalue weighted by molar-refractivity contribution is 0.0934. The van der Waals surface area contributed by atoms with Gasteiger partial charge in [0.15, 0.2) is 5.16 Å². The third kappa shape index (κ3) is 5.01. The van der Waals surface area contributed by atoms with Crippen LogP contribution in [0.25, 0.3) is 0 Å². The topological polar surface area (TPSA) is 69.2 Å². The molecule has 3 aromatic rings. The number of hydrogen-bond donors (Lipinski definition) is 0. The second-order valence-corrected chi connectivity index (χ2v) is 8.00. The molecule has 4 heterocycles. The molecule has 0 amide bonds. The Balaban J connectivity index is 1.47. The van der Waals surface area contributed by atoms with Gasteiger partial charge in [0.1, 0.15) is 5.82 Å². The van der Waals surface area contributed by atoms with Crippen molar-refractivity contribution in [2.24, 2.45) is 0 Å². The van der Waals surface area contributed by atoms with E-state index >= 15 is 0 Å². The van der Waals surface area contributed by atoms with E-state index in [9.17, 15) is 0 Å². The van der Waals surface area contributed by atoms with Gasteiger partial charge in [-0.2, -0.15) is 0 Å². The lowest BCUT2D eigenvalue weighted by Crippen LogP contribution is -2.23. The Morgan fingerprint density at radius 3 is 2.96 bits per heavy atom. The molecule has 0 bridgehead atoms. The second-order valence-electron chi connectivity index (χ2n) is 7.06. The minimum atomic E-state index is 0.239. The molecule has 4 rings (SSSR count). The van der Waals surface area contributed by atoms with E-state index in [0.29, 0.717) is 0 Å². The van der Waals surface area contributed by atoms with Gasteiger partial charge in [0.25, 0.3) is 0 Å². The monoisotopic (exact) mass is 399 g/mol. The predicted molar refractivity (Wildman–Crippen MR) is 107 cm³/mol. The van der Waals surface area contributed by atoms with Gasteiger partial charge in [-0.15, -0.1) is 10.2 Å². The number of pyridine rings is 1. The summed E-state index contributed by atoms with van der Waals surface area (Å²) in [5.74, 6) is 1.74. The first-order valence-corrected chi connectivity index (χ1v) is 10.5. The van der Waals surface area contributed by atoms with Crippen LogP contribution < -0.4 is 0 Å². The van der Waals surface area contributed by atoms with E-state index in [-0.39, 0.29) is 6.10 Å². The average molecular weight is 400 g/mol. The van der Waals surface area contributed by atoms with Crippen molar-refractivity contribution >= 4 is 11.8 Å². The number of nitrogens with zero attached hydrogens (tertiary/aromatic N) is 5. The van der Waals surface area contributed by atoms with Crippen molar-refractivity contribution < 1.29 is 9.15 Å². The van der Waals surface area contributed by atoms with Crippen LogP contribution in [0.4, 0.5) is 0 Å². The maximum Gasteiger partial charge on any atom is 0.191 e. The normalized spacial score (nSPS) is 16.9. The molecule has 0 aliphatic carbocycles. The van der Waals surface area contributed by atoms with Crippen LogP contribution in [0.15, 0.2) is 52.6 Å². The van der Waals surface area contributed by atoms with Crippen molar-refractivity contribution in [2.75, 3.05) is 13.7 Å². The highest BCUT2D eigenvalue weighted by Crippen LogP contribution is 2.24. The molecular weight excluding hydrogens is 374 g/mol. The van der Waals surface area contributed by atoms with Crippen molar-refractivity contribution in [3.8, 4) is 0 Å². The molecule has 1 aliphatic rings. The largest absolute Gasteiger partial charge is 0.472 e. The number of furan rings is 1. The zero-order valence-corrected chi connectivity index (χ0v) is 16.8. The Kier molecular flexibility index (Phi) is 6.41. The summed E-state index contributed by atoms with van der Waals surface area (Å²) in [6, 6.07) is 7.97. The molecule has 0 N–H and O–H groups in total. The van der Waals surface area contributed by atoms with Crippen molar-refractivity contribution in [3.05, 3.63) is 60.1 Å². The Labute approximate surface area is 169 Å². The van der Waals surface area contributed by atoms with Crippen molar-refractivity contribution in [2.45, 2.75) is 49.5 Å². The molecule has 148 valence electrons. The van der Waals surface area contributed by atoms with Crippen LogP contribution in [0, 0.1) is 0 Å². The maximum atomic E-state index is 5.87. The summed E-state index contributed by atoms with van der Waals surface area (Å²) in [7, 11) is 2.08. The number of rotatable bonds is 9. The number of hydrogen-bond acceptors (Lipinski definition) is 7. The number of thioether (sulfide) groups is 1. The van der Waals surface area contributed by atoms with Crippen molar-refractivity contribution in [1.82, 2.24) is 24.6 Å². The molecule has 7 nitrogen and oxygen atoms in total. The Bertz CT molecular complexity index is 847. The average Bonchev–Trinajstić information content (AvgIpc) is 3.46. The molecule has 1 saturated heterocycles. The van der Waals surface area contributed by atoms with Gasteiger partial charge >= 0.3 is 0 Å². The van der Waals surface area contributed by atoms with E-state index in [1.54, 1.807) is 24.3 Å². The van der Waals surface area contributed by atoms with Gasteiger partial charge in [0.2, 0.25) is 0 Å². The molecule has 0 saturated carbocycles. The number of aromatic nitrogens is 4. The summed E-state index contributed by atoms with van der Waals surface area (Å²) in [5.41, 5.74) is 2.19. The smallest absolute Gasteiger partial charge is 0.191 e. The zero-order chi connectivity index (χ0) is 19.2. The SMILES string of the molecule is CN(Cc1ccoc1)Cc1nnc(SCc2ccccn2)n1C[C@@H]1CCCO1. The lowest BCUT2D eigenvalue weighted by Gasteiger charge is -2.18. The summed E-state index contributed by atoms with van der Waals surface area (Å²) >= 11 is 1.67. The van der Waals surface area contributed by atoms with E-state index in [2.05, 4.69) is 31.7 Å². The minimum absolute atomic E-state index is 0.239. The Morgan fingerprint density at radius 1 is 1.25 bits per heavy atom. The van der Waals surface area contributed by atoms with E-state index in [4.69, 9.17) is 9.15 Å². The molecular formula is C20H25N5O2S. The first-order valence-electron chi connectivity index (χ1n) is 9.54. The van der Waals surface area contributed by atoms with Crippen molar-refractivity contribution in [3.63, 3.8) is 0 Å². The first-order chi connectivity index (χ1) is 13.8. The summed E-state index contributed by atoms with van der Waals surface area (Å²) < 4.78 is 13.3. The fourth-order valence-electron chi connectivity index (χ4n) is 3.33. The lowest BCUT2D eigenvalue weighted by atomic mass is 10.2. The van der Waals surface area contributed by atoms with Gasteiger partial charge in [0, 0.05) is 30.7 Å². The van der Waals surface area contributed by atoms with Crippen LogP contribution in [0.3, 0.4) is 0 Å². The molecule has 0 aromatic carbocycles. The molecule has 0 spiro atoms. The molecule has 8 heteroatoms. The van der Waals surface area contributed by atoms with Gasteiger partial charge in [-0.1, -0.05) is 17.8 Å². The Hall–Kier alpha value is -2.16. The van der Waals surface area contributed by atoms with Gasteiger partial charge in [-0.25, -0.2) is 0 Å². The predicted octanol–water partition coefficient (Wildman–Crippen LogP) is 3.37. The van der Waals surface area contributed by atoms with Crippen LogP contribution >= 0.6 is 11.8 Å². The molecule has 0 radical (unpaired) electrons. The highest BCUT2D eigenvalue weighted by atomic mass is 32.2. The summed E-state index contributed by atoms with van der Waals surface area (Å²) in [4.78, 5) is 6.62. The van der Waals surface area contributed by atoms with Gasteiger partial charge in [-0.3, -0.25) is 9.88 Å². The van der Waals surface area contributed by atoms with Crippen molar-refractivity contribution in [1.29, 1.82) is 0 Å². The third-order valence-electron chi connectivity index (χ3n) is 4.72.